The van der Waals surface area contributed by atoms with Gasteiger partial charge in [0.2, 0.25) is 0 Å². The predicted molar refractivity (Wildman–Crippen MR) is 161 cm³/mol. The number of anilines is 3. The van der Waals surface area contributed by atoms with E-state index in [1.807, 2.05) is 12.1 Å². The van der Waals surface area contributed by atoms with Crippen LogP contribution in [0.4, 0.5) is 17.1 Å². The van der Waals surface area contributed by atoms with Crippen molar-refractivity contribution in [3.63, 3.8) is 0 Å². The predicted octanol–water partition coefficient (Wildman–Crippen LogP) is 2.18. The first-order valence-corrected chi connectivity index (χ1v) is 13.0. The first-order valence-electron chi connectivity index (χ1n) is 12.2. The summed E-state index contributed by atoms with van der Waals surface area (Å²) in [5.74, 6) is 0. The highest BCUT2D eigenvalue weighted by Crippen LogP contribution is 2.40. The van der Waals surface area contributed by atoms with Gasteiger partial charge in [-0.2, -0.15) is 0 Å². The molecule has 0 radical (unpaired) electrons. The third-order valence-corrected chi connectivity index (χ3v) is 7.74. The van der Waals surface area contributed by atoms with Crippen molar-refractivity contribution in [3.8, 4) is 0 Å². The summed E-state index contributed by atoms with van der Waals surface area (Å²) >= 11 is 13.3. The van der Waals surface area contributed by atoms with Crippen LogP contribution in [-0.2, 0) is 12.8 Å². The van der Waals surface area contributed by atoms with E-state index in [-0.39, 0.29) is 0 Å². The number of halogens is 2. The minimum absolute atomic E-state index is 0.571. The second-order valence-corrected chi connectivity index (χ2v) is 9.89. The van der Waals surface area contributed by atoms with Crippen molar-refractivity contribution in [2.75, 3.05) is 4.90 Å². The fraction of sp³-hybridized carbons (Fsp3) is 0.308. The molecular weight excluding hydrogens is 440 g/mol. The number of rotatable bonds is 9. The topological polar surface area (TPSA) is 3.24 Å². The first kappa shape index (κ1) is 25.9. The lowest BCUT2D eigenvalue weighted by Gasteiger charge is -2.33. The summed E-state index contributed by atoms with van der Waals surface area (Å²) in [6.07, 6.45) is 7.06. The van der Waals surface area contributed by atoms with Gasteiger partial charge in [-0.25, -0.2) is 0 Å². The van der Waals surface area contributed by atoms with Crippen LogP contribution >= 0.6 is 23.2 Å². The van der Waals surface area contributed by atoms with Crippen molar-refractivity contribution in [2.24, 2.45) is 0 Å². The highest BCUT2D eigenvalue weighted by atomic mass is 35.5. The Kier molecular flexibility index (Phi) is 9.13. The lowest BCUT2D eigenvalue weighted by Crippen LogP contribution is -2.47. The van der Waals surface area contributed by atoms with Crippen LogP contribution in [0, 0.1) is 0 Å². The maximum Gasteiger partial charge on any atom is 0.141 e. The Labute approximate surface area is 213 Å². The molecule has 0 aliphatic heterocycles. The SMILES string of the molecule is Bc1c(B)c(N(c2ccc(CCCC)cc2)c2cccc(Cl)c2Cl)c(B)c(B)c1CCCC. The lowest BCUT2D eigenvalue weighted by atomic mass is 9.65. The summed E-state index contributed by atoms with van der Waals surface area (Å²) < 4.78 is 0. The van der Waals surface area contributed by atoms with Crippen LogP contribution in [-0.4, -0.2) is 31.4 Å². The molecule has 0 saturated carbocycles. The average Bonchev–Trinajstić information content (AvgIpc) is 2.82. The van der Waals surface area contributed by atoms with Crippen molar-refractivity contribution in [1.29, 1.82) is 0 Å². The Hall–Kier alpha value is -1.70. The molecule has 0 saturated heterocycles. The van der Waals surface area contributed by atoms with Gasteiger partial charge in [-0.3, -0.25) is 0 Å². The zero-order chi connectivity index (χ0) is 24.1. The van der Waals surface area contributed by atoms with E-state index >= 15 is 0 Å². The van der Waals surface area contributed by atoms with Gasteiger partial charge in [0.25, 0.3) is 0 Å². The third kappa shape index (κ3) is 5.52. The number of nitrogens with zero attached hydrogens (tertiary/aromatic N) is 1. The van der Waals surface area contributed by atoms with Gasteiger partial charge in [0, 0.05) is 11.4 Å². The molecule has 0 fully saturated rings. The molecule has 0 aliphatic carbocycles. The van der Waals surface area contributed by atoms with Crippen molar-refractivity contribution in [3.05, 3.63) is 63.6 Å². The van der Waals surface area contributed by atoms with Crippen molar-refractivity contribution in [1.82, 2.24) is 0 Å². The van der Waals surface area contributed by atoms with Crippen LogP contribution in [0.25, 0.3) is 0 Å². The molecule has 3 aromatic rings. The number of hydrogen-bond donors (Lipinski definition) is 0. The molecule has 7 heteroatoms. The molecule has 0 unspecified atom stereocenters. The van der Waals surface area contributed by atoms with E-state index in [2.05, 4.69) is 80.5 Å². The van der Waals surface area contributed by atoms with Gasteiger partial charge < -0.3 is 4.90 Å². The van der Waals surface area contributed by atoms with Gasteiger partial charge in [-0.1, -0.05) is 95.5 Å². The second-order valence-electron chi connectivity index (χ2n) is 9.11. The van der Waals surface area contributed by atoms with Crippen LogP contribution in [0.5, 0.6) is 0 Å². The summed E-state index contributed by atoms with van der Waals surface area (Å²) in [6.45, 7) is 4.49. The molecule has 0 atom stereocenters. The van der Waals surface area contributed by atoms with Crippen molar-refractivity contribution >= 4 is 93.5 Å². The molecule has 168 valence electrons. The molecule has 33 heavy (non-hydrogen) atoms. The zero-order valence-corrected chi connectivity index (χ0v) is 22.5. The van der Waals surface area contributed by atoms with Gasteiger partial charge in [0.05, 0.1) is 15.7 Å². The molecule has 0 aliphatic rings. The van der Waals surface area contributed by atoms with E-state index in [0.29, 0.717) is 10.0 Å². The molecule has 0 N–H and O–H groups in total. The smallest absolute Gasteiger partial charge is 0.141 e. The fourth-order valence-corrected chi connectivity index (χ4v) is 5.06. The first-order chi connectivity index (χ1) is 15.8. The van der Waals surface area contributed by atoms with Crippen molar-refractivity contribution in [2.45, 2.75) is 52.4 Å². The highest BCUT2D eigenvalue weighted by molar-refractivity contribution is 6.60. The third-order valence-electron chi connectivity index (χ3n) is 6.93. The molecular formula is C26H33B4Cl2N. The summed E-state index contributed by atoms with van der Waals surface area (Å²) in [4.78, 5) is 2.30. The normalized spacial score (nSPS) is 11.0. The number of unbranched alkanes of at least 4 members (excludes halogenated alkanes) is 2. The van der Waals surface area contributed by atoms with E-state index in [4.69, 9.17) is 23.2 Å². The largest absolute Gasteiger partial charge is 0.310 e. The minimum atomic E-state index is 0.571. The molecule has 0 amide bonds. The Bertz CT molecular complexity index is 1090. The van der Waals surface area contributed by atoms with Crippen LogP contribution in [0.2, 0.25) is 10.0 Å². The van der Waals surface area contributed by atoms with E-state index in [0.717, 1.165) is 24.2 Å². The standard InChI is InChI=1S/C26H33B4Cl2N/c1-3-5-8-16-12-14-17(15-13-16)33(20-11-7-10-19(31)25(20)32)26-23(29)21(27)18(9-6-4-2)22(28)24(26)30/h7,10-15H,3-6,8-9,27-30H2,1-2H3. The molecule has 0 bridgehead atoms. The molecule has 3 aromatic carbocycles. The zero-order valence-electron chi connectivity index (χ0n) is 21.0. The second kappa shape index (κ2) is 11.6. The highest BCUT2D eigenvalue weighted by Gasteiger charge is 2.23. The van der Waals surface area contributed by atoms with E-state index in [1.54, 1.807) is 0 Å². The number of aryl methyl sites for hydroxylation is 1. The summed E-state index contributed by atoms with van der Waals surface area (Å²) in [5.41, 5.74) is 11.4. The van der Waals surface area contributed by atoms with E-state index in [9.17, 15) is 0 Å². The maximum atomic E-state index is 6.80. The average molecular weight is 474 g/mol. The Balaban J connectivity index is 2.24. The van der Waals surface area contributed by atoms with Gasteiger partial charge >= 0.3 is 0 Å². The number of hydrogen-bond acceptors (Lipinski definition) is 1. The minimum Gasteiger partial charge on any atom is -0.310 e. The quantitative estimate of drug-likeness (QED) is 0.431. The fourth-order valence-electron chi connectivity index (χ4n) is 4.68. The Morgan fingerprint density at radius 1 is 0.727 bits per heavy atom. The Morgan fingerprint density at radius 2 is 1.30 bits per heavy atom. The van der Waals surface area contributed by atoms with Gasteiger partial charge in [0.1, 0.15) is 31.4 Å². The molecule has 0 heterocycles. The molecule has 0 spiro atoms. The van der Waals surface area contributed by atoms with Crippen LogP contribution in [0.3, 0.4) is 0 Å². The van der Waals surface area contributed by atoms with Crippen LogP contribution < -0.4 is 26.8 Å². The monoisotopic (exact) mass is 473 g/mol. The number of benzene rings is 3. The molecule has 3 rings (SSSR count). The van der Waals surface area contributed by atoms with E-state index in [1.165, 1.54) is 64.3 Å². The van der Waals surface area contributed by atoms with Crippen LogP contribution in [0.15, 0.2) is 42.5 Å². The molecule has 1 nitrogen and oxygen atoms in total. The summed E-state index contributed by atoms with van der Waals surface area (Å²) in [5, 5.41) is 1.15. The van der Waals surface area contributed by atoms with Crippen LogP contribution in [0.1, 0.15) is 50.7 Å². The van der Waals surface area contributed by atoms with E-state index < -0.39 is 0 Å². The van der Waals surface area contributed by atoms with Gasteiger partial charge in [-0.15, -0.1) is 0 Å². The van der Waals surface area contributed by atoms with Gasteiger partial charge in [0.15, 0.2) is 0 Å². The lowest BCUT2D eigenvalue weighted by molar-refractivity contribution is 0.795. The maximum absolute atomic E-state index is 6.80. The molecule has 0 aromatic heterocycles. The van der Waals surface area contributed by atoms with Crippen molar-refractivity contribution < 1.29 is 0 Å². The Morgan fingerprint density at radius 3 is 1.88 bits per heavy atom. The van der Waals surface area contributed by atoms with Gasteiger partial charge in [-0.05, 0) is 55.5 Å². The summed E-state index contributed by atoms with van der Waals surface area (Å²) in [7, 11) is 9.02. The summed E-state index contributed by atoms with van der Waals surface area (Å²) in [6, 6.07) is 14.8.